The molecule has 1 amide bonds. The normalized spacial score (nSPS) is 15.8. The fourth-order valence-electron chi connectivity index (χ4n) is 3.13. The lowest BCUT2D eigenvalue weighted by Crippen LogP contribution is -2.48. The van der Waals surface area contributed by atoms with Crippen molar-refractivity contribution in [1.29, 1.82) is 0 Å². The van der Waals surface area contributed by atoms with Gasteiger partial charge in [0.1, 0.15) is 10.5 Å². The zero-order valence-corrected chi connectivity index (χ0v) is 19.3. The molecule has 0 saturated heterocycles. The maximum atomic E-state index is 14.4. The Morgan fingerprint density at radius 2 is 1.82 bits per heavy atom. The van der Waals surface area contributed by atoms with Gasteiger partial charge in [-0.2, -0.15) is 4.98 Å². The van der Waals surface area contributed by atoms with Gasteiger partial charge in [-0.05, 0) is 50.2 Å². The van der Waals surface area contributed by atoms with E-state index in [9.17, 15) is 17.6 Å². The molecule has 1 aliphatic rings. The molecular formula is C21H19ClFN5O4S. The van der Waals surface area contributed by atoms with Gasteiger partial charge in [0.15, 0.2) is 21.5 Å². The van der Waals surface area contributed by atoms with Crippen LogP contribution in [-0.4, -0.2) is 36.1 Å². The zero-order valence-electron chi connectivity index (χ0n) is 17.7. The first-order valence-electron chi connectivity index (χ1n) is 9.63. The number of nitrogens with zero attached hydrogens (tertiary/aromatic N) is 2. The molecule has 0 bridgehead atoms. The molecule has 0 unspecified atom stereocenters. The van der Waals surface area contributed by atoms with Gasteiger partial charge in [-0.1, -0.05) is 11.6 Å². The molecule has 172 valence electrons. The Bertz CT molecular complexity index is 1380. The van der Waals surface area contributed by atoms with E-state index in [1.807, 2.05) is 0 Å². The maximum absolute atomic E-state index is 14.4. The van der Waals surface area contributed by atoms with Gasteiger partial charge < -0.3 is 20.7 Å². The van der Waals surface area contributed by atoms with Crippen LogP contribution < -0.4 is 20.7 Å². The van der Waals surface area contributed by atoms with Crippen molar-refractivity contribution in [3.8, 4) is 5.75 Å². The Kier molecular flexibility index (Phi) is 5.62. The monoisotopic (exact) mass is 491 g/mol. The number of fused-ring (bicyclic) bond motifs is 1. The number of nitrogens with one attached hydrogen (secondary N) is 3. The van der Waals surface area contributed by atoms with Gasteiger partial charge in [-0.25, -0.2) is 17.8 Å². The Hall–Kier alpha value is -3.44. The third kappa shape index (κ3) is 4.05. The highest BCUT2D eigenvalue weighted by Crippen LogP contribution is 2.38. The molecular weight excluding hydrogens is 473 g/mol. The standard InChI is InChI=1S/C21H19ClFN5O4S/c1-21(2)19(29)27-15-9-12(5-7-17(15)33(21,30)31)25-18-14(23)10-24-20(28-18)26-11-4-6-16(32-3)13(22)8-11/h4-10H,1-3H3,(H,27,29)(H2,24,25,26,28). The van der Waals surface area contributed by atoms with Crippen LogP contribution >= 0.6 is 11.6 Å². The molecule has 3 N–H and O–H groups in total. The van der Waals surface area contributed by atoms with Crippen molar-refractivity contribution >= 4 is 56.2 Å². The van der Waals surface area contributed by atoms with Crippen LogP contribution in [-0.2, 0) is 14.6 Å². The number of halogens is 2. The van der Waals surface area contributed by atoms with Crippen LogP contribution in [0.2, 0.25) is 5.02 Å². The summed E-state index contributed by atoms with van der Waals surface area (Å²) in [6, 6.07) is 9.17. The van der Waals surface area contributed by atoms with E-state index >= 15 is 0 Å². The Morgan fingerprint density at radius 3 is 2.52 bits per heavy atom. The van der Waals surface area contributed by atoms with Gasteiger partial charge in [0.2, 0.25) is 11.9 Å². The number of carbonyl (C=O) groups excluding carboxylic acids is 1. The lowest BCUT2D eigenvalue weighted by molar-refractivity contribution is -0.118. The van der Waals surface area contributed by atoms with Crippen LogP contribution in [0.3, 0.4) is 0 Å². The number of benzene rings is 2. The number of hydrogen-bond donors (Lipinski definition) is 3. The number of amides is 1. The maximum Gasteiger partial charge on any atom is 0.245 e. The lowest BCUT2D eigenvalue weighted by Gasteiger charge is -2.30. The van der Waals surface area contributed by atoms with E-state index < -0.39 is 26.3 Å². The average molecular weight is 492 g/mol. The van der Waals surface area contributed by atoms with Gasteiger partial charge in [0, 0.05) is 11.4 Å². The molecule has 0 fully saturated rings. The second-order valence-corrected chi connectivity index (χ2v) is 10.5. The van der Waals surface area contributed by atoms with Crippen LogP contribution in [0.4, 0.5) is 33.2 Å². The molecule has 1 aliphatic heterocycles. The lowest BCUT2D eigenvalue weighted by atomic mass is 10.1. The van der Waals surface area contributed by atoms with Crippen molar-refractivity contribution in [2.75, 3.05) is 23.1 Å². The predicted octanol–water partition coefficient (Wildman–Crippen LogP) is 4.27. The summed E-state index contributed by atoms with van der Waals surface area (Å²) in [5.74, 6) is -0.948. The molecule has 4 rings (SSSR count). The number of rotatable bonds is 5. The first-order chi connectivity index (χ1) is 15.5. The Balaban J connectivity index is 1.61. The van der Waals surface area contributed by atoms with E-state index in [-0.39, 0.29) is 22.3 Å². The number of sulfone groups is 1. The van der Waals surface area contributed by atoms with Gasteiger partial charge in [0.05, 0.1) is 28.9 Å². The van der Waals surface area contributed by atoms with Crippen molar-refractivity contribution in [3.05, 3.63) is 53.4 Å². The largest absolute Gasteiger partial charge is 0.495 e. The molecule has 33 heavy (non-hydrogen) atoms. The van der Waals surface area contributed by atoms with Gasteiger partial charge in [-0.3, -0.25) is 4.79 Å². The quantitative estimate of drug-likeness (QED) is 0.483. The second-order valence-electron chi connectivity index (χ2n) is 7.67. The van der Waals surface area contributed by atoms with Crippen LogP contribution in [0, 0.1) is 5.82 Å². The SMILES string of the molecule is COc1ccc(Nc2ncc(F)c(Nc3ccc4c(c3)NC(=O)C(C)(C)S4(=O)=O)n2)cc1Cl. The van der Waals surface area contributed by atoms with Gasteiger partial charge in [-0.15, -0.1) is 0 Å². The molecule has 0 radical (unpaired) electrons. The number of carbonyl (C=O) groups is 1. The molecule has 3 aromatic rings. The van der Waals surface area contributed by atoms with E-state index in [4.69, 9.17) is 16.3 Å². The predicted molar refractivity (Wildman–Crippen MR) is 123 cm³/mol. The molecule has 9 nitrogen and oxygen atoms in total. The highest BCUT2D eigenvalue weighted by atomic mass is 35.5. The van der Waals surface area contributed by atoms with Crippen molar-refractivity contribution in [2.24, 2.45) is 0 Å². The van der Waals surface area contributed by atoms with Crippen molar-refractivity contribution in [3.63, 3.8) is 0 Å². The Labute approximate surface area is 194 Å². The smallest absolute Gasteiger partial charge is 0.245 e. The number of methoxy groups -OCH3 is 1. The third-order valence-electron chi connectivity index (χ3n) is 5.15. The molecule has 2 aromatic carbocycles. The highest BCUT2D eigenvalue weighted by molar-refractivity contribution is 7.94. The van der Waals surface area contributed by atoms with Gasteiger partial charge >= 0.3 is 0 Å². The number of hydrogen-bond acceptors (Lipinski definition) is 8. The van der Waals surface area contributed by atoms with Crippen molar-refractivity contribution < 1.29 is 22.3 Å². The minimum absolute atomic E-state index is 0.0143. The van der Waals surface area contributed by atoms with E-state index in [0.29, 0.717) is 22.1 Å². The minimum atomic E-state index is -3.89. The highest BCUT2D eigenvalue weighted by Gasteiger charge is 2.47. The third-order valence-corrected chi connectivity index (χ3v) is 7.91. The summed E-state index contributed by atoms with van der Waals surface area (Å²) < 4.78 is 43.4. The summed E-state index contributed by atoms with van der Waals surface area (Å²) in [7, 11) is -2.39. The molecule has 0 atom stereocenters. The Morgan fingerprint density at radius 1 is 1.12 bits per heavy atom. The molecule has 2 heterocycles. The van der Waals surface area contributed by atoms with E-state index in [1.165, 1.54) is 39.2 Å². The minimum Gasteiger partial charge on any atom is -0.495 e. The fourth-order valence-corrected chi connectivity index (χ4v) is 4.88. The van der Waals surface area contributed by atoms with Crippen LogP contribution in [0.25, 0.3) is 0 Å². The first-order valence-corrected chi connectivity index (χ1v) is 11.5. The summed E-state index contributed by atoms with van der Waals surface area (Å²) in [5.41, 5.74) is 0.979. The van der Waals surface area contributed by atoms with Crippen molar-refractivity contribution in [2.45, 2.75) is 23.5 Å². The van der Waals surface area contributed by atoms with E-state index in [2.05, 4.69) is 25.9 Å². The summed E-state index contributed by atoms with van der Waals surface area (Å²) in [5, 5.41) is 8.66. The fraction of sp³-hybridized carbons (Fsp3) is 0.190. The van der Waals surface area contributed by atoms with Gasteiger partial charge in [0.25, 0.3) is 0 Å². The van der Waals surface area contributed by atoms with Crippen LogP contribution in [0.1, 0.15) is 13.8 Å². The molecule has 1 aromatic heterocycles. The van der Waals surface area contributed by atoms with E-state index in [1.54, 1.807) is 18.2 Å². The molecule has 0 saturated carbocycles. The van der Waals surface area contributed by atoms with Crippen LogP contribution in [0.15, 0.2) is 47.5 Å². The number of aromatic nitrogens is 2. The zero-order chi connectivity index (χ0) is 24.0. The molecule has 12 heteroatoms. The van der Waals surface area contributed by atoms with Crippen molar-refractivity contribution in [1.82, 2.24) is 9.97 Å². The van der Waals surface area contributed by atoms with Crippen LogP contribution in [0.5, 0.6) is 5.75 Å². The number of ether oxygens (including phenoxy) is 1. The molecule has 0 spiro atoms. The second kappa shape index (κ2) is 8.16. The summed E-state index contributed by atoms with van der Waals surface area (Å²) in [4.78, 5) is 20.3. The summed E-state index contributed by atoms with van der Waals surface area (Å²) >= 11 is 6.11. The topological polar surface area (TPSA) is 122 Å². The average Bonchev–Trinajstić information content (AvgIpc) is 2.75. The first kappa shape index (κ1) is 22.7. The summed E-state index contributed by atoms with van der Waals surface area (Å²) in [6.07, 6.45) is 0.982. The van der Waals surface area contributed by atoms with E-state index in [0.717, 1.165) is 6.20 Å². The number of anilines is 5. The summed E-state index contributed by atoms with van der Waals surface area (Å²) in [6.45, 7) is 2.68. The molecule has 0 aliphatic carbocycles.